The maximum atomic E-state index is 11.5. The molecule has 0 unspecified atom stereocenters. The summed E-state index contributed by atoms with van der Waals surface area (Å²) >= 11 is 0. The lowest BCUT2D eigenvalue weighted by Gasteiger charge is -2.25. The van der Waals surface area contributed by atoms with E-state index in [9.17, 15) is 16.8 Å². The second-order valence-electron chi connectivity index (χ2n) is 2.85. The SMILES string of the molecule is C=COCC(C)(S(=O)(=O)OC)S(=O)(=O)OC. The van der Waals surface area contributed by atoms with Crippen molar-refractivity contribution in [2.75, 3.05) is 20.8 Å². The fourth-order valence-electron chi connectivity index (χ4n) is 0.832. The minimum absolute atomic E-state index is 0.678. The Bertz CT molecular complexity index is 399. The Morgan fingerprint density at radius 2 is 1.50 bits per heavy atom. The fraction of sp³-hybridized carbons (Fsp3) is 0.714. The third kappa shape index (κ3) is 2.54. The molecule has 7 nitrogen and oxygen atoms in total. The van der Waals surface area contributed by atoms with Crippen molar-refractivity contribution in [2.45, 2.75) is 11.0 Å². The van der Waals surface area contributed by atoms with E-state index in [1.54, 1.807) is 0 Å². The van der Waals surface area contributed by atoms with Crippen LogP contribution in [0.15, 0.2) is 12.8 Å². The fourth-order valence-corrected chi connectivity index (χ4v) is 3.37. The molecular weight excluding hydrogens is 260 g/mol. The van der Waals surface area contributed by atoms with Gasteiger partial charge in [-0.05, 0) is 6.92 Å². The van der Waals surface area contributed by atoms with Crippen molar-refractivity contribution < 1.29 is 29.9 Å². The van der Waals surface area contributed by atoms with Crippen molar-refractivity contribution in [1.29, 1.82) is 0 Å². The van der Waals surface area contributed by atoms with Gasteiger partial charge >= 0.3 is 0 Å². The third-order valence-electron chi connectivity index (χ3n) is 1.96. The van der Waals surface area contributed by atoms with E-state index >= 15 is 0 Å². The van der Waals surface area contributed by atoms with Crippen molar-refractivity contribution in [3.63, 3.8) is 0 Å². The van der Waals surface area contributed by atoms with E-state index < -0.39 is 30.9 Å². The molecule has 0 aliphatic rings. The van der Waals surface area contributed by atoms with E-state index in [-0.39, 0.29) is 0 Å². The molecule has 0 radical (unpaired) electrons. The van der Waals surface area contributed by atoms with Gasteiger partial charge in [-0.2, -0.15) is 16.8 Å². The first-order chi connectivity index (χ1) is 7.18. The van der Waals surface area contributed by atoms with Crippen LogP contribution in [0.25, 0.3) is 0 Å². The summed E-state index contributed by atoms with van der Waals surface area (Å²) in [4.78, 5) is 0. The first kappa shape index (κ1) is 15.4. The lowest BCUT2D eigenvalue weighted by Crippen LogP contribution is -2.48. The normalized spacial score (nSPS) is 13.4. The van der Waals surface area contributed by atoms with Gasteiger partial charge in [-0.3, -0.25) is 8.37 Å². The maximum absolute atomic E-state index is 11.5. The second-order valence-corrected chi connectivity index (χ2v) is 7.40. The highest BCUT2D eigenvalue weighted by atomic mass is 32.3. The molecule has 0 fully saturated rings. The number of ether oxygens (including phenoxy) is 1. The quantitative estimate of drug-likeness (QED) is 0.469. The Balaban J connectivity index is 5.65. The summed E-state index contributed by atoms with van der Waals surface area (Å²) in [7, 11) is -7.07. The van der Waals surface area contributed by atoms with Crippen LogP contribution in [0.5, 0.6) is 0 Å². The van der Waals surface area contributed by atoms with Crippen LogP contribution in [0.3, 0.4) is 0 Å². The first-order valence-electron chi connectivity index (χ1n) is 4.01. The van der Waals surface area contributed by atoms with Crippen molar-refractivity contribution in [3.05, 3.63) is 12.8 Å². The molecule has 0 saturated carbocycles. The Kier molecular flexibility index (Phi) is 4.92. The number of hydrogen-bond acceptors (Lipinski definition) is 7. The van der Waals surface area contributed by atoms with Crippen LogP contribution in [0.1, 0.15) is 6.92 Å². The van der Waals surface area contributed by atoms with E-state index in [1.807, 2.05) is 0 Å². The van der Waals surface area contributed by atoms with Crippen LogP contribution in [0.4, 0.5) is 0 Å². The zero-order valence-corrected chi connectivity index (χ0v) is 10.8. The summed E-state index contributed by atoms with van der Waals surface area (Å²) in [6, 6.07) is 0. The summed E-state index contributed by atoms with van der Waals surface area (Å²) in [5.74, 6) is 0. The van der Waals surface area contributed by atoms with Crippen LogP contribution < -0.4 is 0 Å². The zero-order valence-electron chi connectivity index (χ0n) is 9.17. The minimum Gasteiger partial charge on any atom is -0.499 e. The lowest BCUT2D eigenvalue weighted by atomic mass is 10.5. The van der Waals surface area contributed by atoms with E-state index in [0.29, 0.717) is 0 Å². The molecule has 0 aromatic heterocycles. The van der Waals surface area contributed by atoms with Gasteiger partial charge < -0.3 is 4.74 Å². The maximum Gasteiger partial charge on any atom is 0.293 e. The molecule has 0 spiro atoms. The van der Waals surface area contributed by atoms with Crippen LogP contribution in [0, 0.1) is 0 Å². The molecule has 0 amide bonds. The molecule has 0 N–H and O–H groups in total. The average Bonchev–Trinajstić information content (AvgIpc) is 2.25. The summed E-state index contributed by atoms with van der Waals surface area (Å²) in [5, 5.41) is 0. The molecule has 0 aromatic carbocycles. The molecule has 16 heavy (non-hydrogen) atoms. The van der Waals surface area contributed by atoms with Gasteiger partial charge in [0.15, 0.2) is 0 Å². The smallest absolute Gasteiger partial charge is 0.293 e. The van der Waals surface area contributed by atoms with E-state index in [4.69, 9.17) is 0 Å². The Morgan fingerprint density at radius 1 is 1.12 bits per heavy atom. The molecule has 0 atom stereocenters. The Labute approximate surface area is 95.2 Å². The van der Waals surface area contributed by atoms with Gasteiger partial charge in [0, 0.05) is 0 Å². The molecule has 0 aromatic rings. The Morgan fingerprint density at radius 3 is 1.75 bits per heavy atom. The molecule has 0 heterocycles. The van der Waals surface area contributed by atoms with Crippen molar-refractivity contribution in [2.24, 2.45) is 0 Å². The molecular formula is C7H14O7S2. The monoisotopic (exact) mass is 274 g/mol. The van der Waals surface area contributed by atoms with E-state index in [2.05, 4.69) is 19.7 Å². The van der Waals surface area contributed by atoms with Crippen molar-refractivity contribution >= 4 is 20.2 Å². The summed E-state index contributed by atoms with van der Waals surface area (Å²) in [5.41, 5.74) is 0. The van der Waals surface area contributed by atoms with E-state index in [1.165, 1.54) is 0 Å². The van der Waals surface area contributed by atoms with Gasteiger partial charge in [0.05, 0.1) is 20.5 Å². The van der Waals surface area contributed by atoms with Crippen molar-refractivity contribution in [1.82, 2.24) is 0 Å². The van der Waals surface area contributed by atoms with Gasteiger partial charge in [-0.15, -0.1) is 0 Å². The Hall–Kier alpha value is -0.640. The van der Waals surface area contributed by atoms with Gasteiger partial charge in [-0.1, -0.05) is 6.58 Å². The third-order valence-corrected chi connectivity index (χ3v) is 6.41. The average molecular weight is 274 g/mol. The molecule has 9 heteroatoms. The molecule has 0 bridgehead atoms. The predicted octanol–water partition coefficient (Wildman–Crippen LogP) is -0.185. The summed E-state index contributed by atoms with van der Waals surface area (Å²) in [6.07, 6.45) is 0.925. The van der Waals surface area contributed by atoms with Crippen LogP contribution in [-0.2, 0) is 33.3 Å². The van der Waals surface area contributed by atoms with Crippen LogP contribution in [-0.4, -0.2) is 41.7 Å². The van der Waals surface area contributed by atoms with Gasteiger partial charge in [0.1, 0.15) is 6.61 Å². The summed E-state index contributed by atoms with van der Waals surface area (Å²) < 4.78 is 56.8. The van der Waals surface area contributed by atoms with Crippen LogP contribution >= 0.6 is 0 Å². The molecule has 0 saturated heterocycles. The predicted molar refractivity (Wildman–Crippen MR) is 56.4 cm³/mol. The topological polar surface area (TPSA) is 96.0 Å². The standard InChI is InChI=1S/C7H14O7S2/c1-5-14-6-7(2,15(8,9)12-3)16(10,11)13-4/h5H,1,6H2,2-4H3. The largest absolute Gasteiger partial charge is 0.499 e. The van der Waals surface area contributed by atoms with Gasteiger partial charge in [-0.25, -0.2) is 0 Å². The molecule has 96 valence electrons. The highest BCUT2D eigenvalue weighted by Crippen LogP contribution is 2.27. The molecule has 0 aliphatic heterocycles. The van der Waals surface area contributed by atoms with E-state index in [0.717, 1.165) is 27.4 Å². The lowest BCUT2D eigenvalue weighted by molar-refractivity contribution is 0.224. The van der Waals surface area contributed by atoms with Crippen molar-refractivity contribution in [3.8, 4) is 0 Å². The summed E-state index contributed by atoms with van der Waals surface area (Å²) in [6.45, 7) is 3.43. The second kappa shape index (κ2) is 5.13. The minimum atomic E-state index is -4.39. The highest BCUT2D eigenvalue weighted by Gasteiger charge is 2.53. The zero-order chi connectivity index (χ0) is 13.0. The molecule has 0 rings (SSSR count). The number of hydrogen-bond donors (Lipinski definition) is 0. The first-order valence-corrected chi connectivity index (χ1v) is 6.83. The van der Waals surface area contributed by atoms with Gasteiger partial charge in [0.25, 0.3) is 24.3 Å². The van der Waals surface area contributed by atoms with Gasteiger partial charge in [0.2, 0.25) is 0 Å². The highest BCUT2D eigenvalue weighted by molar-refractivity contribution is 8.06. The number of rotatable bonds is 7. The van der Waals surface area contributed by atoms with Crippen LogP contribution in [0.2, 0.25) is 0 Å². The molecule has 0 aliphatic carbocycles.